The van der Waals surface area contributed by atoms with Gasteiger partial charge in [0.15, 0.2) is 0 Å². The molecule has 1 aliphatic rings. The fraction of sp³-hybridized carbons (Fsp3) is 1.00. The first-order valence-corrected chi connectivity index (χ1v) is 7.00. The van der Waals surface area contributed by atoms with Crippen molar-refractivity contribution in [3.63, 3.8) is 0 Å². The van der Waals surface area contributed by atoms with Crippen molar-refractivity contribution in [1.29, 1.82) is 0 Å². The number of rotatable bonds is 3. The second-order valence-corrected chi connectivity index (χ2v) is 6.89. The first kappa shape index (κ1) is 10.8. The molecule has 0 atom stereocenters. The molecule has 1 aliphatic heterocycles. The van der Waals surface area contributed by atoms with Gasteiger partial charge in [-0.25, -0.2) is 0 Å². The zero-order chi connectivity index (χ0) is 9.03. The zero-order valence-corrected chi connectivity index (χ0v) is 10.1. The van der Waals surface area contributed by atoms with E-state index < -0.39 is 0 Å². The maximum Gasteiger partial charge on any atom is 0.0553 e. The summed E-state index contributed by atoms with van der Waals surface area (Å²) in [6.45, 7) is 7.14. The van der Waals surface area contributed by atoms with Gasteiger partial charge in [-0.1, -0.05) is 27.2 Å². The van der Waals surface area contributed by atoms with Crippen molar-refractivity contribution in [3.8, 4) is 0 Å². The van der Waals surface area contributed by atoms with Crippen molar-refractivity contribution in [2.75, 3.05) is 11.5 Å². The van der Waals surface area contributed by atoms with E-state index in [0.717, 1.165) is 4.58 Å². The van der Waals surface area contributed by atoms with Gasteiger partial charge in [-0.05, 0) is 29.8 Å². The molecule has 0 radical (unpaired) electrons. The quantitative estimate of drug-likeness (QED) is 0.681. The molecule has 0 bridgehead atoms. The monoisotopic (exact) mass is 204 g/mol. The average Bonchev–Trinajstić information content (AvgIpc) is 2.06. The molecule has 1 rings (SSSR count). The molecule has 0 spiro atoms. The second-order valence-electron chi connectivity index (χ2n) is 4.17. The Kier molecular flexibility index (Phi) is 4.31. The highest BCUT2D eigenvalue weighted by molar-refractivity contribution is 8.17. The zero-order valence-electron chi connectivity index (χ0n) is 8.43. The topological polar surface area (TPSA) is 0 Å². The van der Waals surface area contributed by atoms with Crippen LogP contribution in [0, 0.1) is 5.41 Å². The van der Waals surface area contributed by atoms with Crippen LogP contribution in [-0.4, -0.2) is 16.1 Å². The van der Waals surface area contributed by atoms with Crippen LogP contribution in [0.4, 0.5) is 0 Å². The summed E-state index contributed by atoms with van der Waals surface area (Å²) in [5, 5.41) is 0. The van der Waals surface area contributed by atoms with Gasteiger partial charge in [0, 0.05) is 0 Å². The normalized spacial score (nSPS) is 21.2. The Labute approximate surface area is 85.3 Å². The Morgan fingerprint density at radius 3 is 2.33 bits per heavy atom. The van der Waals surface area contributed by atoms with Gasteiger partial charge in [-0.3, -0.25) is 0 Å². The second kappa shape index (κ2) is 4.80. The van der Waals surface area contributed by atoms with Crippen LogP contribution in [0.1, 0.15) is 40.0 Å². The third kappa shape index (κ3) is 2.88. The van der Waals surface area contributed by atoms with Crippen molar-refractivity contribution < 1.29 is 0 Å². The fourth-order valence-electron chi connectivity index (χ4n) is 1.70. The van der Waals surface area contributed by atoms with Crippen LogP contribution in [0.25, 0.3) is 0 Å². The maximum atomic E-state index is 2.42. The maximum absolute atomic E-state index is 2.42. The lowest BCUT2D eigenvalue weighted by molar-refractivity contribution is 0.365. The van der Waals surface area contributed by atoms with Gasteiger partial charge >= 0.3 is 0 Å². The molecule has 0 aliphatic carbocycles. The van der Waals surface area contributed by atoms with E-state index in [1.807, 2.05) is 0 Å². The summed E-state index contributed by atoms with van der Waals surface area (Å²) in [5.41, 5.74) is 0.546. The molecule has 0 saturated carbocycles. The molecule has 1 fully saturated rings. The van der Waals surface area contributed by atoms with Crippen LogP contribution in [0.2, 0.25) is 0 Å². The molecule has 1 heterocycles. The molecule has 0 N–H and O–H groups in total. The van der Waals surface area contributed by atoms with Crippen molar-refractivity contribution in [2.24, 2.45) is 5.41 Å². The summed E-state index contributed by atoms with van der Waals surface area (Å²) in [4.78, 5) is 0. The molecule has 0 unspecified atom stereocenters. The van der Waals surface area contributed by atoms with Gasteiger partial charge in [0.25, 0.3) is 0 Å². The third-order valence-electron chi connectivity index (χ3n) is 2.36. The molecular formula is C10H20S2. The highest BCUT2D eigenvalue weighted by Gasteiger charge is 2.30. The van der Waals surface area contributed by atoms with Crippen molar-refractivity contribution in [2.45, 2.75) is 44.6 Å². The van der Waals surface area contributed by atoms with Crippen molar-refractivity contribution in [1.82, 2.24) is 0 Å². The van der Waals surface area contributed by atoms with E-state index in [1.165, 1.54) is 30.8 Å². The summed E-state index contributed by atoms with van der Waals surface area (Å²) in [6.07, 6.45) is 4.11. The summed E-state index contributed by atoms with van der Waals surface area (Å²) >= 11 is 4.35. The smallest absolute Gasteiger partial charge is 0.0553 e. The molecule has 12 heavy (non-hydrogen) atoms. The van der Waals surface area contributed by atoms with E-state index in [1.54, 1.807) is 0 Å². The number of hydrogen-bond donors (Lipinski definition) is 0. The lowest BCUT2D eigenvalue weighted by Crippen LogP contribution is -2.26. The Bertz CT molecular complexity index is 126. The van der Waals surface area contributed by atoms with E-state index in [4.69, 9.17) is 0 Å². The molecule has 0 nitrogen and oxygen atoms in total. The fourth-order valence-corrected chi connectivity index (χ4v) is 5.03. The average molecular weight is 204 g/mol. The van der Waals surface area contributed by atoms with Crippen LogP contribution < -0.4 is 0 Å². The van der Waals surface area contributed by atoms with Gasteiger partial charge in [0.05, 0.1) is 4.58 Å². The van der Waals surface area contributed by atoms with Crippen LogP contribution >= 0.6 is 23.5 Å². The Morgan fingerprint density at radius 1 is 1.25 bits per heavy atom. The van der Waals surface area contributed by atoms with Crippen LogP contribution in [0.3, 0.4) is 0 Å². The minimum atomic E-state index is 0.546. The highest BCUT2D eigenvalue weighted by Crippen LogP contribution is 2.44. The van der Waals surface area contributed by atoms with Gasteiger partial charge in [-0.15, -0.1) is 23.5 Å². The summed E-state index contributed by atoms with van der Waals surface area (Å²) in [6, 6.07) is 0. The molecule has 0 aromatic rings. The molecule has 0 amide bonds. The highest BCUT2D eigenvalue weighted by atomic mass is 32.2. The summed E-state index contributed by atoms with van der Waals surface area (Å²) in [7, 11) is 0. The minimum absolute atomic E-state index is 0.546. The standard InChI is InChI=1S/C10H20S2/c1-4-6-10(2,3)9-11-7-5-8-12-9/h9H,4-8H2,1-3H3. The van der Waals surface area contributed by atoms with E-state index >= 15 is 0 Å². The predicted octanol–water partition coefficient (Wildman–Crippen LogP) is 4.01. The predicted molar refractivity (Wildman–Crippen MR) is 62.0 cm³/mol. The Hall–Kier alpha value is 0.700. The molecule has 0 aromatic heterocycles. The summed E-state index contributed by atoms with van der Waals surface area (Å²) < 4.78 is 0.853. The number of thioether (sulfide) groups is 2. The SMILES string of the molecule is CCCC(C)(C)C1SCCCS1. The van der Waals surface area contributed by atoms with Crippen LogP contribution in [-0.2, 0) is 0 Å². The first-order valence-electron chi connectivity index (χ1n) is 4.90. The molecular weight excluding hydrogens is 184 g/mol. The minimum Gasteiger partial charge on any atom is -0.147 e. The largest absolute Gasteiger partial charge is 0.147 e. The molecule has 2 heteroatoms. The van der Waals surface area contributed by atoms with Crippen molar-refractivity contribution >= 4 is 23.5 Å². The first-order chi connectivity index (χ1) is 5.67. The Morgan fingerprint density at radius 2 is 1.83 bits per heavy atom. The van der Waals surface area contributed by atoms with E-state index in [-0.39, 0.29) is 0 Å². The van der Waals surface area contributed by atoms with E-state index in [9.17, 15) is 0 Å². The molecule has 0 aromatic carbocycles. The lowest BCUT2D eigenvalue weighted by atomic mass is 9.90. The van der Waals surface area contributed by atoms with Gasteiger partial charge < -0.3 is 0 Å². The van der Waals surface area contributed by atoms with Gasteiger partial charge in [0.1, 0.15) is 0 Å². The van der Waals surface area contributed by atoms with Crippen LogP contribution in [0.5, 0.6) is 0 Å². The van der Waals surface area contributed by atoms with Crippen molar-refractivity contribution in [3.05, 3.63) is 0 Å². The van der Waals surface area contributed by atoms with Gasteiger partial charge in [-0.2, -0.15) is 0 Å². The van der Waals surface area contributed by atoms with Crippen LogP contribution in [0.15, 0.2) is 0 Å². The third-order valence-corrected chi connectivity index (χ3v) is 6.11. The Balaban J connectivity index is 2.41. The molecule has 72 valence electrons. The van der Waals surface area contributed by atoms with E-state index in [0.29, 0.717) is 5.41 Å². The molecule has 1 saturated heterocycles. The van der Waals surface area contributed by atoms with E-state index in [2.05, 4.69) is 44.3 Å². The lowest BCUT2D eigenvalue weighted by Gasteiger charge is -2.35. The van der Waals surface area contributed by atoms with Gasteiger partial charge in [0.2, 0.25) is 0 Å². The summed E-state index contributed by atoms with van der Waals surface area (Å²) in [5.74, 6) is 2.76. The number of hydrogen-bond acceptors (Lipinski definition) is 2.